The number of aldehydes is 1. The van der Waals surface area contributed by atoms with Crippen LogP contribution < -0.4 is 0 Å². The molecular weight excluding hydrogens is 180 g/mol. The molecule has 0 aromatic carbocycles. The summed E-state index contributed by atoms with van der Waals surface area (Å²) < 4.78 is 5.30. The van der Waals surface area contributed by atoms with Gasteiger partial charge in [-0.1, -0.05) is 6.42 Å². The second kappa shape index (κ2) is 3.71. The van der Waals surface area contributed by atoms with Crippen LogP contribution in [0.5, 0.6) is 0 Å². The van der Waals surface area contributed by atoms with E-state index in [-0.39, 0.29) is 5.97 Å². The van der Waals surface area contributed by atoms with Gasteiger partial charge in [-0.3, -0.25) is 4.79 Å². The minimum Gasteiger partial charge on any atom is -0.460 e. The molecule has 1 fully saturated rings. The SMILES string of the molecule is CC(C)(C)OC(=O)C1(CC=O)CCC1. The van der Waals surface area contributed by atoms with Crippen LogP contribution in [0.15, 0.2) is 0 Å². The molecule has 1 aliphatic rings. The Kier molecular flexibility index (Phi) is 2.98. The number of hydrogen-bond acceptors (Lipinski definition) is 3. The van der Waals surface area contributed by atoms with Crippen LogP contribution in [0.2, 0.25) is 0 Å². The smallest absolute Gasteiger partial charge is 0.313 e. The van der Waals surface area contributed by atoms with E-state index in [0.29, 0.717) is 6.42 Å². The van der Waals surface area contributed by atoms with E-state index >= 15 is 0 Å². The lowest BCUT2D eigenvalue weighted by molar-refractivity contribution is -0.174. The average Bonchev–Trinajstić information content (AvgIpc) is 1.92. The van der Waals surface area contributed by atoms with Crippen molar-refractivity contribution in [2.45, 2.75) is 52.1 Å². The topological polar surface area (TPSA) is 43.4 Å². The summed E-state index contributed by atoms with van der Waals surface area (Å²) >= 11 is 0. The van der Waals surface area contributed by atoms with Gasteiger partial charge in [-0.05, 0) is 33.6 Å². The summed E-state index contributed by atoms with van der Waals surface area (Å²) in [6, 6.07) is 0. The van der Waals surface area contributed by atoms with Crippen LogP contribution >= 0.6 is 0 Å². The van der Waals surface area contributed by atoms with Crippen LogP contribution in [-0.4, -0.2) is 17.9 Å². The van der Waals surface area contributed by atoms with E-state index in [9.17, 15) is 9.59 Å². The van der Waals surface area contributed by atoms with Crippen LogP contribution in [0.3, 0.4) is 0 Å². The van der Waals surface area contributed by atoms with E-state index in [1.165, 1.54) is 0 Å². The van der Waals surface area contributed by atoms with Crippen molar-refractivity contribution in [3.05, 3.63) is 0 Å². The third kappa shape index (κ3) is 2.34. The van der Waals surface area contributed by atoms with Crippen molar-refractivity contribution in [3.63, 3.8) is 0 Å². The first kappa shape index (κ1) is 11.2. The lowest BCUT2D eigenvalue weighted by Gasteiger charge is -2.39. The molecule has 0 N–H and O–H groups in total. The lowest BCUT2D eigenvalue weighted by atomic mass is 9.67. The number of carbonyl (C=O) groups is 2. The van der Waals surface area contributed by atoms with Crippen LogP contribution in [0.4, 0.5) is 0 Å². The lowest BCUT2D eigenvalue weighted by Crippen LogP contribution is -2.42. The van der Waals surface area contributed by atoms with E-state index in [1.807, 2.05) is 20.8 Å². The van der Waals surface area contributed by atoms with Crippen LogP contribution in [0, 0.1) is 5.41 Å². The molecule has 0 aromatic heterocycles. The zero-order valence-corrected chi connectivity index (χ0v) is 9.13. The summed E-state index contributed by atoms with van der Waals surface area (Å²) in [5.74, 6) is -0.205. The summed E-state index contributed by atoms with van der Waals surface area (Å²) in [6.45, 7) is 5.54. The largest absolute Gasteiger partial charge is 0.460 e. The van der Waals surface area contributed by atoms with Gasteiger partial charge in [-0.2, -0.15) is 0 Å². The Morgan fingerprint density at radius 1 is 1.43 bits per heavy atom. The van der Waals surface area contributed by atoms with E-state index in [4.69, 9.17) is 4.74 Å². The Hall–Kier alpha value is -0.860. The first-order valence-electron chi connectivity index (χ1n) is 5.07. The van der Waals surface area contributed by atoms with Crippen molar-refractivity contribution in [1.29, 1.82) is 0 Å². The third-order valence-corrected chi connectivity index (χ3v) is 2.62. The van der Waals surface area contributed by atoms with Crippen LogP contribution in [0.1, 0.15) is 46.5 Å². The van der Waals surface area contributed by atoms with Crippen LogP contribution in [-0.2, 0) is 14.3 Å². The average molecular weight is 198 g/mol. The fraction of sp³-hybridized carbons (Fsp3) is 0.818. The molecule has 1 saturated carbocycles. The van der Waals surface area contributed by atoms with Gasteiger partial charge in [0.25, 0.3) is 0 Å². The predicted molar refractivity (Wildman–Crippen MR) is 52.8 cm³/mol. The highest BCUT2D eigenvalue weighted by atomic mass is 16.6. The molecule has 80 valence electrons. The molecular formula is C11H18O3. The minimum absolute atomic E-state index is 0.205. The molecule has 1 rings (SSSR count). The zero-order chi connectivity index (χ0) is 10.8. The van der Waals surface area contributed by atoms with Crippen molar-refractivity contribution in [1.82, 2.24) is 0 Å². The highest BCUT2D eigenvalue weighted by Gasteiger charge is 2.46. The molecule has 3 nitrogen and oxygen atoms in total. The standard InChI is InChI=1S/C11H18O3/c1-10(2,3)14-9(13)11(7-8-12)5-4-6-11/h8H,4-7H2,1-3H3. The normalized spacial score (nSPS) is 19.6. The molecule has 0 heterocycles. The minimum atomic E-state index is -0.491. The number of hydrogen-bond donors (Lipinski definition) is 0. The highest BCUT2D eigenvalue weighted by molar-refractivity contribution is 5.81. The van der Waals surface area contributed by atoms with E-state index in [0.717, 1.165) is 25.5 Å². The Morgan fingerprint density at radius 3 is 2.29 bits per heavy atom. The number of carbonyl (C=O) groups excluding carboxylic acids is 2. The van der Waals surface area contributed by atoms with Gasteiger partial charge < -0.3 is 9.53 Å². The summed E-state index contributed by atoms with van der Waals surface area (Å²) in [5, 5.41) is 0. The van der Waals surface area contributed by atoms with Gasteiger partial charge in [0.15, 0.2) is 0 Å². The highest BCUT2D eigenvalue weighted by Crippen LogP contribution is 2.45. The van der Waals surface area contributed by atoms with Crippen molar-refractivity contribution < 1.29 is 14.3 Å². The van der Waals surface area contributed by atoms with Crippen molar-refractivity contribution >= 4 is 12.3 Å². The zero-order valence-electron chi connectivity index (χ0n) is 9.13. The van der Waals surface area contributed by atoms with Gasteiger partial charge in [0.1, 0.15) is 11.9 Å². The molecule has 0 amide bonds. The van der Waals surface area contributed by atoms with Crippen LogP contribution in [0.25, 0.3) is 0 Å². The van der Waals surface area contributed by atoms with Gasteiger partial charge >= 0.3 is 5.97 Å². The molecule has 0 saturated heterocycles. The maximum absolute atomic E-state index is 11.8. The maximum atomic E-state index is 11.8. The molecule has 0 spiro atoms. The molecule has 1 aliphatic carbocycles. The number of esters is 1. The predicted octanol–water partition coefficient (Wildman–Crippen LogP) is 2.09. The second-order valence-electron chi connectivity index (χ2n) is 5.01. The number of ether oxygens (including phenoxy) is 1. The molecule has 3 heteroatoms. The van der Waals surface area contributed by atoms with Crippen molar-refractivity contribution in [3.8, 4) is 0 Å². The summed E-state index contributed by atoms with van der Waals surface area (Å²) in [4.78, 5) is 22.2. The molecule has 0 aliphatic heterocycles. The Balaban J connectivity index is 2.61. The van der Waals surface area contributed by atoms with Gasteiger partial charge in [0.2, 0.25) is 0 Å². The third-order valence-electron chi connectivity index (χ3n) is 2.62. The summed E-state index contributed by atoms with van der Waals surface area (Å²) in [5.41, 5.74) is -0.947. The van der Waals surface area contributed by atoms with Gasteiger partial charge in [0, 0.05) is 6.42 Å². The van der Waals surface area contributed by atoms with Gasteiger partial charge in [-0.15, -0.1) is 0 Å². The maximum Gasteiger partial charge on any atom is 0.313 e. The monoisotopic (exact) mass is 198 g/mol. The summed E-state index contributed by atoms with van der Waals surface area (Å²) in [7, 11) is 0. The first-order chi connectivity index (χ1) is 6.40. The fourth-order valence-corrected chi connectivity index (χ4v) is 1.64. The van der Waals surface area contributed by atoms with Crippen molar-refractivity contribution in [2.24, 2.45) is 5.41 Å². The fourth-order valence-electron chi connectivity index (χ4n) is 1.64. The number of rotatable bonds is 3. The van der Waals surface area contributed by atoms with E-state index in [2.05, 4.69) is 0 Å². The Bertz CT molecular complexity index is 233. The quantitative estimate of drug-likeness (QED) is 0.515. The summed E-state index contributed by atoms with van der Waals surface area (Å²) in [6.07, 6.45) is 3.74. The Morgan fingerprint density at radius 2 is 2.00 bits per heavy atom. The van der Waals surface area contributed by atoms with Gasteiger partial charge in [0.05, 0.1) is 5.41 Å². The second-order valence-corrected chi connectivity index (χ2v) is 5.01. The van der Waals surface area contributed by atoms with Crippen molar-refractivity contribution in [2.75, 3.05) is 0 Å². The molecule has 0 unspecified atom stereocenters. The van der Waals surface area contributed by atoms with E-state index < -0.39 is 11.0 Å². The molecule has 0 aromatic rings. The molecule has 0 radical (unpaired) electrons. The van der Waals surface area contributed by atoms with E-state index in [1.54, 1.807) is 0 Å². The Labute approximate surface area is 84.8 Å². The molecule has 0 bridgehead atoms. The first-order valence-corrected chi connectivity index (χ1v) is 5.07. The molecule has 14 heavy (non-hydrogen) atoms. The molecule has 0 atom stereocenters. The van der Waals surface area contributed by atoms with Gasteiger partial charge in [-0.25, -0.2) is 0 Å².